The summed E-state index contributed by atoms with van der Waals surface area (Å²) in [6.45, 7) is 3.91. The maximum absolute atomic E-state index is 13.1. The van der Waals surface area contributed by atoms with Crippen LogP contribution >= 0.6 is 0 Å². The first-order chi connectivity index (χ1) is 9.72. The number of carbonyl (C=O) groups is 1. The molecule has 108 valence electrons. The van der Waals surface area contributed by atoms with Gasteiger partial charge in [-0.3, -0.25) is 4.79 Å². The van der Waals surface area contributed by atoms with Gasteiger partial charge in [0.2, 0.25) is 5.91 Å². The third kappa shape index (κ3) is 2.35. The standard InChI is InChI=1S/C17H24N2O/c1-18-13-9-17(10-14-18,15-7-3-2-4-8-15)16(20)19-11-5-6-12-19/h2-4,7-8H,5-6,9-14H2,1H3. The van der Waals surface area contributed by atoms with Crippen molar-refractivity contribution in [3.63, 3.8) is 0 Å². The number of benzene rings is 1. The first-order valence-electron chi connectivity index (χ1n) is 7.76. The van der Waals surface area contributed by atoms with E-state index >= 15 is 0 Å². The number of amides is 1. The zero-order valence-electron chi connectivity index (χ0n) is 12.3. The molecule has 0 N–H and O–H groups in total. The molecule has 2 fully saturated rings. The monoisotopic (exact) mass is 272 g/mol. The number of likely N-dealkylation sites (tertiary alicyclic amines) is 2. The summed E-state index contributed by atoms with van der Waals surface area (Å²) >= 11 is 0. The fourth-order valence-corrected chi connectivity index (χ4v) is 3.61. The molecule has 0 aromatic heterocycles. The summed E-state index contributed by atoms with van der Waals surface area (Å²) in [5.41, 5.74) is 0.933. The van der Waals surface area contributed by atoms with E-state index in [0.29, 0.717) is 5.91 Å². The van der Waals surface area contributed by atoms with Crippen molar-refractivity contribution < 1.29 is 4.79 Å². The van der Waals surface area contributed by atoms with Crippen molar-refractivity contribution in [3.05, 3.63) is 35.9 Å². The van der Waals surface area contributed by atoms with Crippen LogP contribution in [0.15, 0.2) is 30.3 Å². The van der Waals surface area contributed by atoms with Gasteiger partial charge in [0, 0.05) is 13.1 Å². The van der Waals surface area contributed by atoms with Gasteiger partial charge in [0.25, 0.3) is 0 Å². The van der Waals surface area contributed by atoms with Crippen LogP contribution in [0.3, 0.4) is 0 Å². The predicted molar refractivity (Wildman–Crippen MR) is 80.7 cm³/mol. The van der Waals surface area contributed by atoms with Crippen molar-refractivity contribution in [2.45, 2.75) is 31.1 Å². The van der Waals surface area contributed by atoms with Gasteiger partial charge in [0.05, 0.1) is 5.41 Å². The molecule has 0 spiro atoms. The second kappa shape index (κ2) is 5.57. The topological polar surface area (TPSA) is 23.6 Å². The number of hydrogen-bond acceptors (Lipinski definition) is 2. The van der Waals surface area contributed by atoms with E-state index < -0.39 is 0 Å². The quantitative estimate of drug-likeness (QED) is 0.824. The minimum atomic E-state index is -0.280. The Balaban J connectivity index is 1.93. The van der Waals surface area contributed by atoms with Crippen LogP contribution < -0.4 is 0 Å². The van der Waals surface area contributed by atoms with Gasteiger partial charge in [-0.2, -0.15) is 0 Å². The highest BCUT2D eigenvalue weighted by atomic mass is 16.2. The van der Waals surface area contributed by atoms with Gasteiger partial charge < -0.3 is 9.80 Å². The molecule has 0 saturated carbocycles. The van der Waals surface area contributed by atoms with Crippen LogP contribution in [0.5, 0.6) is 0 Å². The Morgan fingerprint density at radius 1 is 1.00 bits per heavy atom. The Morgan fingerprint density at radius 2 is 1.60 bits per heavy atom. The van der Waals surface area contributed by atoms with Gasteiger partial charge in [-0.25, -0.2) is 0 Å². The number of nitrogens with zero attached hydrogens (tertiary/aromatic N) is 2. The van der Waals surface area contributed by atoms with Crippen molar-refractivity contribution in [1.82, 2.24) is 9.80 Å². The summed E-state index contributed by atoms with van der Waals surface area (Å²) in [5, 5.41) is 0. The Kier molecular flexibility index (Phi) is 3.79. The van der Waals surface area contributed by atoms with Crippen LogP contribution in [0.1, 0.15) is 31.2 Å². The van der Waals surface area contributed by atoms with Crippen molar-refractivity contribution in [3.8, 4) is 0 Å². The molecule has 0 radical (unpaired) electrons. The lowest BCUT2D eigenvalue weighted by atomic mass is 9.71. The molecule has 2 aliphatic rings. The van der Waals surface area contributed by atoms with Gasteiger partial charge in [-0.15, -0.1) is 0 Å². The smallest absolute Gasteiger partial charge is 0.233 e. The Hall–Kier alpha value is -1.35. The SMILES string of the molecule is CN1CCC(C(=O)N2CCCC2)(c2ccccc2)CC1. The van der Waals surface area contributed by atoms with E-state index in [4.69, 9.17) is 0 Å². The van der Waals surface area contributed by atoms with Crippen molar-refractivity contribution in [2.75, 3.05) is 33.2 Å². The molecule has 3 rings (SSSR count). The average molecular weight is 272 g/mol. The summed E-state index contributed by atoms with van der Waals surface area (Å²) in [6, 6.07) is 10.4. The molecule has 0 unspecified atom stereocenters. The molecule has 20 heavy (non-hydrogen) atoms. The fourth-order valence-electron chi connectivity index (χ4n) is 3.61. The average Bonchev–Trinajstić information content (AvgIpc) is 3.03. The molecule has 2 saturated heterocycles. The highest BCUT2D eigenvalue weighted by Crippen LogP contribution is 2.37. The normalized spacial score (nSPS) is 22.9. The third-order valence-corrected chi connectivity index (χ3v) is 4.97. The van der Waals surface area contributed by atoms with E-state index in [2.05, 4.69) is 41.1 Å². The maximum Gasteiger partial charge on any atom is 0.233 e. The number of carbonyl (C=O) groups excluding carboxylic acids is 1. The molecule has 2 aliphatic heterocycles. The highest BCUT2D eigenvalue weighted by Gasteiger charge is 2.44. The molecule has 0 atom stereocenters. The molecule has 0 aliphatic carbocycles. The summed E-state index contributed by atoms with van der Waals surface area (Å²) in [6.07, 6.45) is 4.22. The van der Waals surface area contributed by atoms with Gasteiger partial charge in [-0.1, -0.05) is 30.3 Å². The minimum absolute atomic E-state index is 0.280. The van der Waals surface area contributed by atoms with Crippen LogP contribution in [0.2, 0.25) is 0 Å². The van der Waals surface area contributed by atoms with E-state index in [0.717, 1.165) is 51.9 Å². The van der Waals surface area contributed by atoms with Gasteiger partial charge in [0.1, 0.15) is 0 Å². The lowest BCUT2D eigenvalue weighted by Gasteiger charge is -2.42. The third-order valence-electron chi connectivity index (χ3n) is 4.97. The van der Waals surface area contributed by atoms with Crippen molar-refractivity contribution in [2.24, 2.45) is 0 Å². The molecular weight excluding hydrogens is 248 g/mol. The van der Waals surface area contributed by atoms with Crippen LogP contribution in [0.25, 0.3) is 0 Å². The van der Waals surface area contributed by atoms with Gasteiger partial charge in [0.15, 0.2) is 0 Å². The summed E-state index contributed by atoms with van der Waals surface area (Å²) in [7, 11) is 2.15. The molecular formula is C17H24N2O. The molecule has 1 amide bonds. The Bertz CT molecular complexity index is 457. The van der Waals surface area contributed by atoms with Gasteiger partial charge >= 0.3 is 0 Å². The minimum Gasteiger partial charge on any atom is -0.342 e. The zero-order valence-corrected chi connectivity index (χ0v) is 12.3. The lowest BCUT2D eigenvalue weighted by molar-refractivity contribution is -0.138. The molecule has 0 bridgehead atoms. The second-order valence-electron chi connectivity index (χ2n) is 6.25. The second-order valence-corrected chi connectivity index (χ2v) is 6.25. The number of piperidine rings is 1. The molecule has 3 nitrogen and oxygen atoms in total. The van der Waals surface area contributed by atoms with Crippen molar-refractivity contribution >= 4 is 5.91 Å². The summed E-state index contributed by atoms with van der Waals surface area (Å²) in [5.74, 6) is 0.370. The summed E-state index contributed by atoms with van der Waals surface area (Å²) in [4.78, 5) is 17.6. The molecule has 2 heterocycles. The van der Waals surface area contributed by atoms with Crippen LogP contribution in [-0.4, -0.2) is 48.9 Å². The Morgan fingerprint density at radius 3 is 2.20 bits per heavy atom. The van der Waals surface area contributed by atoms with E-state index in [1.165, 1.54) is 5.56 Å². The van der Waals surface area contributed by atoms with Crippen LogP contribution in [0, 0.1) is 0 Å². The fraction of sp³-hybridized carbons (Fsp3) is 0.588. The lowest BCUT2D eigenvalue weighted by Crippen LogP contribution is -2.51. The largest absolute Gasteiger partial charge is 0.342 e. The van der Waals surface area contributed by atoms with Crippen LogP contribution in [-0.2, 0) is 10.2 Å². The number of hydrogen-bond donors (Lipinski definition) is 0. The van der Waals surface area contributed by atoms with Gasteiger partial charge in [-0.05, 0) is 51.4 Å². The number of rotatable bonds is 2. The van der Waals surface area contributed by atoms with E-state index in [9.17, 15) is 4.79 Å². The molecule has 1 aromatic carbocycles. The first kappa shape index (κ1) is 13.6. The molecule has 3 heteroatoms. The van der Waals surface area contributed by atoms with E-state index in [1.807, 2.05) is 6.07 Å². The van der Waals surface area contributed by atoms with E-state index in [-0.39, 0.29) is 5.41 Å². The van der Waals surface area contributed by atoms with E-state index in [1.54, 1.807) is 0 Å². The molecule has 1 aromatic rings. The van der Waals surface area contributed by atoms with Crippen molar-refractivity contribution in [1.29, 1.82) is 0 Å². The Labute approximate surface area is 121 Å². The van der Waals surface area contributed by atoms with Crippen LogP contribution in [0.4, 0.5) is 0 Å². The zero-order chi connectivity index (χ0) is 14.0. The highest BCUT2D eigenvalue weighted by molar-refractivity contribution is 5.88. The first-order valence-corrected chi connectivity index (χ1v) is 7.76. The summed E-state index contributed by atoms with van der Waals surface area (Å²) < 4.78 is 0. The maximum atomic E-state index is 13.1. The predicted octanol–water partition coefficient (Wildman–Crippen LogP) is 2.27.